The van der Waals surface area contributed by atoms with Crippen molar-refractivity contribution < 1.29 is 18.9 Å². The van der Waals surface area contributed by atoms with Gasteiger partial charge in [0.2, 0.25) is 0 Å². The van der Waals surface area contributed by atoms with Crippen LogP contribution >= 0.6 is 7.82 Å². The average molecular weight is 339 g/mol. The van der Waals surface area contributed by atoms with Gasteiger partial charge in [-0.1, -0.05) is 72.1 Å². The van der Waals surface area contributed by atoms with Crippen molar-refractivity contribution in [2.24, 2.45) is 11.7 Å². The molecule has 0 aromatic heterocycles. The second kappa shape index (κ2) is 17.4. The number of phosphoric acid groups is 1. The van der Waals surface area contributed by atoms with E-state index in [0.717, 1.165) is 31.7 Å². The molecule has 0 fully saturated rings. The lowest BCUT2D eigenvalue weighted by Gasteiger charge is -2.09. The van der Waals surface area contributed by atoms with E-state index < -0.39 is 7.82 Å². The molecule has 0 rings (SSSR count). The first-order valence-corrected chi connectivity index (χ1v) is 10.3. The van der Waals surface area contributed by atoms with Gasteiger partial charge in [0.15, 0.2) is 0 Å². The van der Waals surface area contributed by atoms with Crippen LogP contribution < -0.4 is 5.73 Å². The zero-order chi connectivity index (χ0) is 17.3. The highest BCUT2D eigenvalue weighted by Crippen LogP contribution is 2.35. The minimum absolute atomic E-state index is 0.163. The fourth-order valence-corrected chi connectivity index (χ4v) is 2.41. The Morgan fingerprint density at radius 3 is 1.95 bits per heavy atom. The summed E-state index contributed by atoms with van der Waals surface area (Å²) in [5.41, 5.74) is 5.52. The molecule has 5 nitrogen and oxygen atoms in total. The van der Waals surface area contributed by atoms with E-state index in [1.165, 1.54) is 44.9 Å². The van der Waals surface area contributed by atoms with Gasteiger partial charge in [0, 0.05) is 0 Å². The molecule has 0 aromatic carbocycles. The molecule has 0 aliphatic rings. The second-order valence-electron chi connectivity index (χ2n) is 5.74. The van der Waals surface area contributed by atoms with E-state index in [0.29, 0.717) is 0 Å². The molecular formula is C16H38NO4P. The first-order valence-electron chi connectivity index (χ1n) is 8.81. The van der Waals surface area contributed by atoms with Gasteiger partial charge < -0.3 is 15.5 Å². The number of nitrogens with two attached hydrogens (primary N) is 1. The van der Waals surface area contributed by atoms with Gasteiger partial charge in [-0.3, -0.25) is 4.52 Å². The Morgan fingerprint density at radius 2 is 1.50 bits per heavy atom. The molecule has 0 saturated carbocycles. The summed E-state index contributed by atoms with van der Waals surface area (Å²) in [6.45, 7) is 7.63. The fourth-order valence-electron chi connectivity index (χ4n) is 2.05. The summed E-state index contributed by atoms with van der Waals surface area (Å²) in [5, 5.41) is 0. The standard InChI is InChI=1S/C8H19N.C8H19O4P/c1-3-5-6-8(4-2)7-9;1-2-3-4-5-6-7-8-12-13(9,10)11/h8H,3-7,9H2,1-2H3;2-8H2,1H3,(H2,9,10,11). The zero-order valence-electron chi connectivity index (χ0n) is 14.8. The van der Waals surface area contributed by atoms with Gasteiger partial charge >= 0.3 is 7.82 Å². The predicted molar refractivity (Wildman–Crippen MR) is 93.7 cm³/mol. The summed E-state index contributed by atoms with van der Waals surface area (Å²) >= 11 is 0. The predicted octanol–water partition coefficient (Wildman–Crippen LogP) is 4.62. The van der Waals surface area contributed by atoms with Gasteiger partial charge in [-0.05, 0) is 25.3 Å². The third-order valence-corrected chi connectivity index (χ3v) is 4.15. The number of rotatable bonds is 13. The number of phosphoric ester groups is 1. The Hall–Kier alpha value is 0.0700. The maximum Gasteiger partial charge on any atom is 0.469 e. The maximum atomic E-state index is 10.2. The molecule has 0 aromatic rings. The summed E-state index contributed by atoms with van der Waals surface area (Å²) in [6.07, 6.45) is 11.7. The van der Waals surface area contributed by atoms with Crippen LogP contribution in [0.15, 0.2) is 0 Å². The molecule has 4 N–H and O–H groups in total. The summed E-state index contributed by atoms with van der Waals surface area (Å²) in [5.74, 6) is 0.782. The molecule has 0 bridgehead atoms. The van der Waals surface area contributed by atoms with Crippen molar-refractivity contribution >= 4 is 7.82 Å². The summed E-state index contributed by atoms with van der Waals surface area (Å²) in [7, 11) is -4.23. The van der Waals surface area contributed by atoms with E-state index in [9.17, 15) is 4.57 Å². The Balaban J connectivity index is 0. The van der Waals surface area contributed by atoms with E-state index in [1.807, 2.05) is 0 Å². The molecule has 1 unspecified atom stereocenters. The quantitative estimate of drug-likeness (QED) is 0.336. The first kappa shape index (κ1) is 24.3. The summed E-state index contributed by atoms with van der Waals surface area (Å²) in [4.78, 5) is 16.7. The van der Waals surface area contributed by atoms with Gasteiger partial charge in [-0.2, -0.15) is 0 Å². The van der Waals surface area contributed by atoms with E-state index in [1.54, 1.807) is 0 Å². The number of unbranched alkanes of at least 4 members (excludes halogenated alkanes) is 6. The zero-order valence-corrected chi connectivity index (χ0v) is 15.7. The highest BCUT2D eigenvalue weighted by molar-refractivity contribution is 7.46. The Morgan fingerprint density at radius 1 is 0.955 bits per heavy atom. The number of hydrogen-bond donors (Lipinski definition) is 3. The molecule has 0 aliphatic heterocycles. The topological polar surface area (TPSA) is 92.8 Å². The van der Waals surface area contributed by atoms with E-state index in [-0.39, 0.29) is 6.61 Å². The highest BCUT2D eigenvalue weighted by atomic mass is 31.2. The van der Waals surface area contributed by atoms with Crippen LogP contribution in [0.2, 0.25) is 0 Å². The molecule has 136 valence electrons. The molecule has 1 atom stereocenters. The molecule has 0 amide bonds. The normalized spacial score (nSPS) is 12.6. The fraction of sp³-hybridized carbons (Fsp3) is 1.00. The van der Waals surface area contributed by atoms with Crippen LogP contribution in [-0.2, 0) is 9.09 Å². The van der Waals surface area contributed by atoms with Crippen molar-refractivity contribution in [1.29, 1.82) is 0 Å². The van der Waals surface area contributed by atoms with Gasteiger partial charge in [-0.15, -0.1) is 0 Å². The van der Waals surface area contributed by atoms with Crippen LogP contribution in [0.1, 0.15) is 85.0 Å². The average Bonchev–Trinajstić information content (AvgIpc) is 2.47. The largest absolute Gasteiger partial charge is 0.469 e. The van der Waals surface area contributed by atoms with Crippen molar-refractivity contribution in [3.63, 3.8) is 0 Å². The second-order valence-corrected chi connectivity index (χ2v) is 6.98. The molecule has 0 aliphatic carbocycles. The van der Waals surface area contributed by atoms with Gasteiger partial charge in [0.25, 0.3) is 0 Å². The molecule has 0 radical (unpaired) electrons. The minimum Gasteiger partial charge on any atom is -0.330 e. The van der Waals surface area contributed by atoms with Gasteiger partial charge in [-0.25, -0.2) is 4.57 Å². The Labute approximate surface area is 137 Å². The number of hydrogen-bond acceptors (Lipinski definition) is 3. The van der Waals surface area contributed by atoms with E-state index in [2.05, 4.69) is 25.3 Å². The molecule has 0 saturated heterocycles. The highest BCUT2D eigenvalue weighted by Gasteiger charge is 2.12. The van der Waals surface area contributed by atoms with Crippen LogP contribution in [0, 0.1) is 5.92 Å². The lowest BCUT2D eigenvalue weighted by molar-refractivity contribution is 0.193. The third kappa shape index (κ3) is 22.4. The van der Waals surface area contributed by atoms with Crippen LogP contribution in [0.5, 0.6) is 0 Å². The van der Waals surface area contributed by atoms with E-state index >= 15 is 0 Å². The minimum atomic E-state index is -4.23. The van der Waals surface area contributed by atoms with Crippen molar-refractivity contribution in [3.8, 4) is 0 Å². The maximum absolute atomic E-state index is 10.2. The smallest absolute Gasteiger partial charge is 0.330 e. The van der Waals surface area contributed by atoms with Crippen molar-refractivity contribution in [1.82, 2.24) is 0 Å². The van der Waals surface area contributed by atoms with Crippen molar-refractivity contribution in [2.45, 2.75) is 85.0 Å². The molecule has 22 heavy (non-hydrogen) atoms. The summed E-state index contributed by atoms with van der Waals surface area (Å²) in [6, 6.07) is 0. The van der Waals surface area contributed by atoms with Crippen molar-refractivity contribution in [2.75, 3.05) is 13.2 Å². The van der Waals surface area contributed by atoms with Crippen LogP contribution in [0.25, 0.3) is 0 Å². The van der Waals surface area contributed by atoms with Gasteiger partial charge in [0.05, 0.1) is 6.61 Å². The molecule has 0 heterocycles. The Kier molecular flexibility index (Phi) is 19.3. The SMILES string of the molecule is CCCCC(CC)CN.CCCCCCCCOP(=O)(O)O. The first-order chi connectivity index (χ1) is 10.4. The molecule has 0 spiro atoms. The lowest BCUT2D eigenvalue weighted by Crippen LogP contribution is -2.12. The van der Waals surface area contributed by atoms with Crippen molar-refractivity contribution in [3.05, 3.63) is 0 Å². The van der Waals surface area contributed by atoms with E-state index in [4.69, 9.17) is 15.5 Å². The lowest BCUT2D eigenvalue weighted by atomic mass is 10.00. The molecule has 6 heteroatoms. The molecular weight excluding hydrogens is 301 g/mol. The monoisotopic (exact) mass is 339 g/mol. The third-order valence-electron chi connectivity index (χ3n) is 3.63. The van der Waals surface area contributed by atoms with Crippen LogP contribution in [0.3, 0.4) is 0 Å². The summed E-state index contributed by atoms with van der Waals surface area (Å²) < 4.78 is 14.5. The van der Waals surface area contributed by atoms with Gasteiger partial charge in [0.1, 0.15) is 0 Å². The van der Waals surface area contributed by atoms with Crippen LogP contribution in [0.4, 0.5) is 0 Å². The Bertz CT molecular complexity index is 255. The van der Waals surface area contributed by atoms with Crippen LogP contribution in [-0.4, -0.2) is 22.9 Å².